The van der Waals surface area contributed by atoms with Crippen molar-refractivity contribution in [2.45, 2.75) is 25.8 Å². The number of carbonyl (C=O) groups excluding carboxylic acids is 1. The molecule has 1 aliphatic rings. The second-order valence-corrected chi connectivity index (χ2v) is 5.75. The lowest BCUT2D eigenvalue weighted by molar-refractivity contribution is -0.126. The molecule has 0 bridgehead atoms. The fraction of sp³-hybridized carbons (Fsp3) is 0.353. The molecule has 20 heavy (non-hydrogen) atoms. The van der Waals surface area contributed by atoms with E-state index in [1.165, 1.54) is 10.8 Å². The molecule has 3 rings (SSSR count). The van der Waals surface area contributed by atoms with Gasteiger partial charge in [0.05, 0.1) is 11.5 Å². The highest BCUT2D eigenvalue weighted by atomic mass is 16.2. The van der Waals surface area contributed by atoms with E-state index in [0.29, 0.717) is 6.54 Å². The van der Waals surface area contributed by atoms with Gasteiger partial charge >= 0.3 is 0 Å². The summed E-state index contributed by atoms with van der Waals surface area (Å²) in [7, 11) is 0. The van der Waals surface area contributed by atoms with Gasteiger partial charge in [-0.25, -0.2) is 0 Å². The van der Waals surface area contributed by atoms with E-state index in [4.69, 9.17) is 5.73 Å². The number of rotatable bonds is 4. The summed E-state index contributed by atoms with van der Waals surface area (Å²) in [4.78, 5) is 12.3. The fourth-order valence-corrected chi connectivity index (χ4v) is 2.73. The molecule has 1 aliphatic carbocycles. The van der Waals surface area contributed by atoms with E-state index in [0.717, 1.165) is 18.4 Å². The van der Waals surface area contributed by atoms with Gasteiger partial charge in [0.2, 0.25) is 5.91 Å². The second-order valence-electron chi connectivity index (χ2n) is 5.75. The topological polar surface area (TPSA) is 55.1 Å². The van der Waals surface area contributed by atoms with Gasteiger partial charge in [0.25, 0.3) is 0 Å². The Morgan fingerprint density at radius 1 is 1.25 bits per heavy atom. The van der Waals surface area contributed by atoms with Crippen LogP contribution >= 0.6 is 0 Å². The van der Waals surface area contributed by atoms with Gasteiger partial charge in [-0.2, -0.15) is 0 Å². The average Bonchev–Trinajstić information content (AvgIpc) is 3.27. The van der Waals surface area contributed by atoms with Crippen LogP contribution in [0.15, 0.2) is 42.5 Å². The number of carbonyl (C=O) groups is 1. The van der Waals surface area contributed by atoms with Crippen molar-refractivity contribution in [3.8, 4) is 0 Å². The first kappa shape index (κ1) is 13.1. The number of fused-ring (bicyclic) bond motifs is 1. The van der Waals surface area contributed by atoms with Crippen molar-refractivity contribution in [2.75, 3.05) is 6.54 Å². The van der Waals surface area contributed by atoms with Crippen LogP contribution in [0.25, 0.3) is 10.8 Å². The first-order valence-electron chi connectivity index (χ1n) is 7.15. The van der Waals surface area contributed by atoms with Crippen molar-refractivity contribution in [1.29, 1.82) is 0 Å². The largest absolute Gasteiger partial charge is 0.349 e. The van der Waals surface area contributed by atoms with Crippen molar-refractivity contribution in [1.82, 2.24) is 5.32 Å². The molecule has 1 atom stereocenters. The molecule has 3 N–H and O–H groups in total. The maximum atomic E-state index is 12.3. The summed E-state index contributed by atoms with van der Waals surface area (Å²) in [6.07, 6.45) is 1.83. The maximum absolute atomic E-state index is 12.3. The molecule has 0 saturated heterocycles. The molecular weight excluding hydrogens is 248 g/mol. The van der Waals surface area contributed by atoms with Gasteiger partial charge in [-0.05, 0) is 36.1 Å². The van der Waals surface area contributed by atoms with Crippen LogP contribution in [0, 0.1) is 5.41 Å². The lowest BCUT2D eigenvalue weighted by Gasteiger charge is -2.20. The smallest absolute Gasteiger partial charge is 0.227 e. The average molecular weight is 268 g/mol. The van der Waals surface area contributed by atoms with Crippen LogP contribution in [0.4, 0.5) is 0 Å². The third-order valence-electron chi connectivity index (χ3n) is 4.36. The molecule has 1 fully saturated rings. The molecule has 0 aliphatic heterocycles. The van der Waals surface area contributed by atoms with Crippen LogP contribution in [0.3, 0.4) is 0 Å². The minimum Gasteiger partial charge on any atom is -0.349 e. The Labute approximate surface area is 119 Å². The number of nitrogens with two attached hydrogens (primary N) is 1. The molecule has 0 heterocycles. The Morgan fingerprint density at radius 2 is 1.95 bits per heavy atom. The number of benzene rings is 2. The van der Waals surface area contributed by atoms with Crippen LogP contribution in [0.1, 0.15) is 31.4 Å². The van der Waals surface area contributed by atoms with Crippen LogP contribution in [-0.4, -0.2) is 12.5 Å². The Balaban J connectivity index is 1.86. The molecule has 1 saturated carbocycles. The molecule has 104 valence electrons. The lowest BCUT2D eigenvalue weighted by atomic mass is 9.98. The highest BCUT2D eigenvalue weighted by Crippen LogP contribution is 2.45. The van der Waals surface area contributed by atoms with Crippen LogP contribution in [-0.2, 0) is 4.79 Å². The molecule has 0 spiro atoms. The Bertz CT molecular complexity index is 641. The van der Waals surface area contributed by atoms with E-state index >= 15 is 0 Å². The molecule has 1 amide bonds. The molecule has 3 heteroatoms. The van der Waals surface area contributed by atoms with E-state index in [1.54, 1.807) is 0 Å². The predicted molar refractivity (Wildman–Crippen MR) is 81.2 cm³/mol. The molecular formula is C17H20N2O. The summed E-state index contributed by atoms with van der Waals surface area (Å²) >= 11 is 0. The zero-order chi connectivity index (χ0) is 14.2. The monoisotopic (exact) mass is 268 g/mol. The minimum atomic E-state index is -0.293. The highest BCUT2D eigenvalue weighted by molar-refractivity contribution is 5.88. The van der Waals surface area contributed by atoms with Gasteiger partial charge in [-0.15, -0.1) is 0 Å². The summed E-state index contributed by atoms with van der Waals surface area (Å²) in [6.45, 7) is 2.48. The SMILES string of the molecule is CC(NC(=O)C1(CN)CC1)c1cccc2ccccc12. The fourth-order valence-electron chi connectivity index (χ4n) is 2.73. The van der Waals surface area contributed by atoms with Gasteiger partial charge in [0.15, 0.2) is 0 Å². The van der Waals surface area contributed by atoms with Crippen molar-refractivity contribution in [3.63, 3.8) is 0 Å². The quantitative estimate of drug-likeness (QED) is 0.896. The van der Waals surface area contributed by atoms with E-state index in [1.807, 2.05) is 25.1 Å². The first-order chi connectivity index (χ1) is 9.66. The standard InChI is InChI=1S/C17H20N2O/c1-12(19-16(20)17(11-18)9-10-17)14-8-4-6-13-5-2-3-7-15(13)14/h2-8,12H,9-11,18H2,1H3,(H,19,20). The number of amides is 1. The third-order valence-corrected chi connectivity index (χ3v) is 4.36. The Kier molecular flexibility index (Phi) is 3.22. The van der Waals surface area contributed by atoms with Gasteiger partial charge < -0.3 is 11.1 Å². The zero-order valence-corrected chi connectivity index (χ0v) is 11.7. The maximum Gasteiger partial charge on any atom is 0.227 e. The summed E-state index contributed by atoms with van der Waals surface area (Å²) in [5.41, 5.74) is 6.58. The lowest BCUT2D eigenvalue weighted by Crippen LogP contribution is -2.37. The second kappa shape index (κ2) is 4.91. The van der Waals surface area contributed by atoms with Gasteiger partial charge in [-0.3, -0.25) is 4.79 Å². The van der Waals surface area contributed by atoms with Crippen LogP contribution in [0.2, 0.25) is 0 Å². The summed E-state index contributed by atoms with van der Waals surface area (Å²) in [5, 5.41) is 5.52. The highest BCUT2D eigenvalue weighted by Gasteiger charge is 2.48. The third kappa shape index (κ3) is 2.18. The number of hydrogen-bond donors (Lipinski definition) is 2. The summed E-state index contributed by atoms with van der Waals surface area (Å²) in [6, 6.07) is 14.5. The molecule has 2 aromatic carbocycles. The normalized spacial score (nSPS) is 17.7. The van der Waals surface area contributed by atoms with Crippen molar-refractivity contribution >= 4 is 16.7 Å². The number of hydrogen-bond acceptors (Lipinski definition) is 2. The molecule has 0 radical (unpaired) electrons. The van der Waals surface area contributed by atoms with Crippen molar-refractivity contribution < 1.29 is 4.79 Å². The molecule has 3 nitrogen and oxygen atoms in total. The van der Waals surface area contributed by atoms with Crippen molar-refractivity contribution in [3.05, 3.63) is 48.0 Å². The van der Waals surface area contributed by atoms with Crippen LogP contribution < -0.4 is 11.1 Å². The first-order valence-corrected chi connectivity index (χ1v) is 7.15. The van der Waals surface area contributed by atoms with Gasteiger partial charge in [0.1, 0.15) is 0 Å². The number of nitrogens with one attached hydrogen (secondary N) is 1. The minimum absolute atomic E-state index is 0.00220. The van der Waals surface area contributed by atoms with E-state index in [-0.39, 0.29) is 17.4 Å². The Hall–Kier alpha value is -1.87. The van der Waals surface area contributed by atoms with Crippen molar-refractivity contribution in [2.24, 2.45) is 11.1 Å². The molecule has 0 aromatic heterocycles. The zero-order valence-electron chi connectivity index (χ0n) is 11.7. The van der Waals surface area contributed by atoms with Crippen LogP contribution in [0.5, 0.6) is 0 Å². The summed E-state index contributed by atoms with van der Waals surface area (Å²) < 4.78 is 0. The predicted octanol–water partition coefficient (Wildman–Crippen LogP) is 2.76. The Morgan fingerprint density at radius 3 is 2.65 bits per heavy atom. The molecule has 2 aromatic rings. The van der Waals surface area contributed by atoms with Gasteiger partial charge in [-0.1, -0.05) is 42.5 Å². The molecule has 1 unspecified atom stereocenters. The van der Waals surface area contributed by atoms with Gasteiger partial charge in [0, 0.05) is 6.54 Å². The van der Waals surface area contributed by atoms with E-state index in [9.17, 15) is 4.79 Å². The van der Waals surface area contributed by atoms with E-state index < -0.39 is 0 Å². The van der Waals surface area contributed by atoms with E-state index in [2.05, 4.69) is 29.6 Å². The summed E-state index contributed by atoms with van der Waals surface area (Å²) in [5.74, 6) is 0.0976.